The lowest BCUT2D eigenvalue weighted by Gasteiger charge is -2.21. The third-order valence-electron chi connectivity index (χ3n) is 3.51. The van der Waals surface area contributed by atoms with E-state index < -0.39 is 42.0 Å². The third kappa shape index (κ3) is 7.55. The fraction of sp³-hybridized carbons (Fsp3) is 0.455. The van der Waals surface area contributed by atoms with Crippen molar-refractivity contribution in [2.24, 2.45) is 0 Å². The molecule has 2 rings (SSSR count). The van der Waals surface area contributed by atoms with E-state index in [1.807, 2.05) is 0 Å². The van der Waals surface area contributed by atoms with Gasteiger partial charge < -0.3 is 28.9 Å². The van der Waals surface area contributed by atoms with E-state index in [1.165, 1.54) is 12.1 Å². The molecule has 0 aliphatic rings. The molecule has 10 heteroatoms. The summed E-state index contributed by atoms with van der Waals surface area (Å²) in [7, 11) is 0. The van der Waals surface area contributed by atoms with Crippen LogP contribution in [0.3, 0.4) is 0 Å². The number of ether oxygens (including phenoxy) is 4. The monoisotopic (exact) mass is 445 g/mol. The zero-order valence-corrected chi connectivity index (χ0v) is 18.8. The number of rotatable bonds is 7. The second-order valence-corrected chi connectivity index (χ2v) is 8.74. The maximum absolute atomic E-state index is 12.1. The van der Waals surface area contributed by atoms with Crippen LogP contribution in [-0.4, -0.2) is 47.4 Å². The largest absolute Gasteiger partial charge is 0.479 e. The van der Waals surface area contributed by atoms with Crippen LogP contribution in [0.15, 0.2) is 27.4 Å². The molecule has 0 saturated carbocycles. The molecule has 1 aromatic heterocycles. The molecule has 0 atom stereocenters. The fourth-order valence-electron chi connectivity index (χ4n) is 2.56. The van der Waals surface area contributed by atoms with E-state index in [2.05, 4.69) is 11.0 Å². The Hall–Kier alpha value is -3.65. The van der Waals surface area contributed by atoms with E-state index in [-0.39, 0.29) is 22.6 Å². The number of hydrogen-bond acceptors (Lipinski definition) is 8. The van der Waals surface area contributed by atoms with E-state index in [9.17, 15) is 14.4 Å². The van der Waals surface area contributed by atoms with Gasteiger partial charge in [-0.25, -0.2) is 14.4 Å². The Labute approximate surface area is 184 Å². The molecule has 0 aliphatic carbocycles. The Morgan fingerprint density at radius 2 is 1.44 bits per heavy atom. The Balaban J connectivity index is 2.40. The highest BCUT2D eigenvalue weighted by Crippen LogP contribution is 2.33. The highest BCUT2D eigenvalue weighted by molar-refractivity contribution is 5.96. The quantitative estimate of drug-likeness (QED) is 0.158. The maximum Gasteiger partial charge on any atom is 0.344 e. The highest BCUT2D eigenvalue weighted by Gasteiger charge is 2.20. The first-order valence-corrected chi connectivity index (χ1v) is 9.69. The van der Waals surface area contributed by atoms with Crippen LogP contribution in [0.4, 0.5) is 0 Å². The minimum Gasteiger partial charge on any atom is -0.479 e. The van der Waals surface area contributed by atoms with Crippen LogP contribution in [0, 0.1) is 0 Å². The van der Waals surface area contributed by atoms with Crippen LogP contribution >= 0.6 is 0 Å². The van der Waals surface area contributed by atoms with Crippen LogP contribution in [0.2, 0.25) is 0 Å². The first kappa shape index (κ1) is 24.6. The lowest BCUT2D eigenvalue weighted by molar-refractivity contribution is -0.158. The summed E-state index contributed by atoms with van der Waals surface area (Å²) in [5.74, 6) is -1.18. The minimum atomic E-state index is -0.718. The molecule has 0 saturated heterocycles. The van der Waals surface area contributed by atoms with Gasteiger partial charge in [-0.3, -0.25) is 4.79 Å². The first-order chi connectivity index (χ1) is 14.8. The zero-order valence-electron chi connectivity index (χ0n) is 18.8. The van der Waals surface area contributed by atoms with Gasteiger partial charge in [0.05, 0.1) is 5.58 Å². The van der Waals surface area contributed by atoms with Crippen LogP contribution in [0.5, 0.6) is 11.5 Å². The van der Waals surface area contributed by atoms with Crippen molar-refractivity contribution in [2.75, 3.05) is 13.2 Å². The molecule has 0 bridgehead atoms. The highest BCUT2D eigenvalue weighted by atomic mass is 16.6. The van der Waals surface area contributed by atoms with Crippen molar-refractivity contribution in [1.82, 2.24) is 0 Å². The molecular weight excluding hydrogens is 420 g/mol. The van der Waals surface area contributed by atoms with Gasteiger partial charge in [0.1, 0.15) is 11.2 Å². The van der Waals surface area contributed by atoms with Crippen LogP contribution in [0.25, 0.3) is 16.5 Å². The van der Waals surface area contributed by atoms with Crippen molar-refractivity contribution >= 4 is 29.1 Å². The van der Waals surface area contributed by atoms with Gasteiger partial charge in [0.2, 0.25) is 6.21 Å². The van der Waals surface area contributed by atoms with E-state index >= 15 is 0 Å². The summed E-state index contributed by atoms with van der Waals surface area (Å²) >= 11 is 0. The number of esters is 2. The lowest BCUT2D eigenvalue weighted by Crippen LogP contribution is -2.28. The van der Waals surface area contributed by atoms with Crippen LogP contribution < -0.4 is 15.1 Å². The standard InChI is InChI=1S/C22H25N2O8/c1-21(2,3)31-19(26)11-28-16-8-14-13(10-24-23)7-18(25)30-15(14)9-17(16)29-12-20(27)32-22(4,5)6/h7-9H,11-12H2,1-6H3/q-1. The first-order valence-electron chi connectivity index (χ1n) is 9.69. The average Bonchev–Trinajstić information content (AvgIpc) is 2.62. The van der Waals surface area contributed by atoms with E-state index in [4.69, 9.17) is 28.9 Å². The topological polar surface area (TPSA) is 138 Å². The Morgan fingerprint density at radius 3 is 1.91 bits per heavy atom. The predicted octanol–water partition coefficient (Wildman–Crippen LogP) is 2.76. The number of hydrogen-bond donors (Lipinski definition) is 0. The van der Waals surface area contributed by atoms with Crippen LogP contribution in [0.1, 0.15) is 47.1 Å². The summed E-state index contributed by atoms with van der Waals surface area (Å²) in [6.07, 6.45) is 2.27. The van der Waals surface area contributed by atoms with Crippen molar-refractivity contribution in [1.29, 1.82) is 0 Å². The van der Waals surface area contributed by atoms with Crippen LogP contribution in [-0.2, 0) is 19.1 Å². The van der Waals surface area contributed by atoms with Crippen molar-refractivity contribution in [3.63, 3.8) is 0 Å². The number of nitrogens with zero attached hydrogens (tertiary/aromatic N) is 2. The second kappa shape index (κ2) is 9.65. The number of carbonyl (C=O) groups excluding carboxylic acids is 2. The lowest BCUT2D eigenvalue weighted by atomic mass is 10.1. The molecule has 0 amide bonds. The van der Waals surface area contributed by atoms with E-state index in [0.717, 1.165) is 6.07 Å². The summed E-state index contributed by atoms with van der Waals surface area (Å²) in [4.78, 5) is 38.7. The molecule has 0 spiro atoms. The number of carbonyl (C=O) groups is 2. The minimum absolute atomic E-state index is 0.0214. The molecule has 0 N–H and O–H groups in total. The molecule has 0 unspecified atom stereocenters. The summed E-state index contributed by atoms with van der Waals surface area (Å²) < 4.78 is 26.7. The summed E-state index contributed by atoms with van der Waals surface area (Å²) in [5.41, 5.74) is 6.89. The Morgan fingerprint density at radius 1 is 0.938 bits per heavy atom. The predicted molar refractivity (Wildman–Crippen MR) is 113 cm³/mol. The van der Waals surface area contributed by atoms with Gasteiger partial charge in [-0.15, -0.1) is 0 Å². The van der Waals surface area contributed by atoms with Gasteiger partial charge in [0.25, 0.3) is 5.63 Å². The molecule has 0 fully saturated rings. The van der Waals surface area contributed by atoms with Crippen molar-refractivity contribution in [2.45, 2.75) is 52.7 Å². The normalized spacial score (nSPS) is 11.4. The fourth-order valence-corrected chi connectivity index (χ4v) is 2.56. The Kier molecular flexibility index (Phi) is 7.43. The van der Waals surface area contributed by atoms with E-state index in [0.29, 0.717) is 5.39 Å². The molecule has 10 nitrogen and oxygen atoms in total. The SMILES string of the molecule is CC(C)(C)OC(=O)COc1cc2oc(=O)cc([C-]=[N+]=[N-])c2cc1OCC(=O)OC(C)(C)C. The van der Waals surface area contributed by atoms with Gasteiger partial charge >= 0.3 is 11.9 Å². The summed E-state index contributed by atoms with van der Waals surface area (Å²) in [5, 5.41) is 0.297. The maximum atomic E-state index is 12.1. The molecular formula is C22H25N2O8-. The molecule has 172 valence electrons. The smallest absolute Gasteiger partial charge is 0.344 e. The summed E-state index contributed by atoms with van der Waals surface area (Å²) in [6, 6.07) is 3.79. The summed E-state index contributed by atoms with van der Waals surface area (Å²) in [6.45, 7) is 9.39. The zero-order chi connectivity index (χ0) is 24.1. The van der Waals surface area contributed by atoms with Crippen molar-refractivity contribution in [3.05, 3.63) is 39.7 Å². The third-order valence-corrected chi connectivity index (χ3v) is 3.51. The molecule has 32 heavy (non-hydrogen) atoms. The second-order valence-electron chi connectivity index (χ2n) is 8.74. The van der Waals surface area contributed by atoms with Gasteiger partial charge in [-0.2, -0.15) is 0 Å². The average molecular weight is 445 g/mol. The molecule has 0 radical (unpaired) electrons. The van der Waals surface area contributed by atoms with Gasteiger partial charge in [-0.05, 0) is 41.5 Å². The number of fused-ring (bicyclic) bond motifs is 1. The molecule has 1 heterocycles. The molecule has 2 aromatic rings. The van der Waals surface area contributed by atoms with Crippen molar-refractivity contribution < 1.29 is 37.7 Å². The number of benzene rings is 1. The Bertz CT molecular complexity index is 1120. The van der Waals surface area contributed by atoms with Gasteiger partial charge in [0, 0.05) is 6.07 Å². The molecule has 0 aliphatic heterocycles. The van der Waals surface area contributed by atoms with E-state index in [1.54, 1.807) is 41.5 Å². The van der Waals surface area contributed by atoms with Gasteiger partial charge in [-0.1, -0.05) is 23.1 Å². The van der Waals surface area contributed by atoms with Gasteiger partial charge in [0.15, 0.2) is 24.7 Å². The van der Waals surface area contributed by atoms with Crippen molar-refractivity contribution in [3.8, 4) is 11.5 Å². The molecule has 1 aromatic carbocycles.